The van der Waals surface area contributed by atoms with E-state index in [1.807, 2.05) is 13.1 Å². The summed E-state index contributed by atoms with van der Waals surface area (Å²) < 4.78 is 14.0. The molecule has 0 radical (unpaired) electrons. The van der Waals surface area contributed by atoms with Gasteiger partial charge in [-0.15, -0.1) is 0 Å². The lowest BCUT2D eigenvalue weighted by Crippen LogP contribution is -2.44. The molecule has 19 heavy (non-hydrogen) atoms. The number of aryl methyl sites for hydroxylation is 1. The maximum absolute atomic E-state index is 14.0. The predicted octanol–water partition coefficient (Wildman–Crippen LogP) is 2.06. The van der Waals surface area contributed by atoms with Crippen molar-refractivity contribution in [3.63, 3.8) is 0 Å². The van der Waals surface area contributed by atoms with Crippen LogP contribution in [0.25, 0.3) is 10.9 Å². The SMILES string of the molecule is Cc1c[nH]c2c(F)cc(CCN3CCNCC3)cc12. The number of hydrogen-bond donors (Lipinski definition) is 2. The van der Waals surface area contributed by atoms with E-state index >= 15 is 0 Å². The molecule has 1 saturated heterocycles. The van der Waals surface area contributed by atoms with Gasteiger partial charge in [0.05, 0.1) is 5.52 Å². The Morgan fingerprint density at radius 2 is 2.05 bits per heavy atom. The van der Waals surface area contributed by atoms with Crippen LogP contribution in [-0.4, -0.2) is 42.6 Å². The van der Waals surface area contributed by atoms with Gasteiger partial charge in [-0.25, -0.2) is 4.39 Å². The monoisotopic (exact) mass is 261 g/mol. The molecule has 0 saturated carbocycles. The first-order chi connectivity index (χ1) is 9.24. The highest BCUT2D eigenvalue weighted by Gasteiger charge is 2.11. The van der Waals surface area contributed by atoms with Crippen LogP contribution in [0.15, 0.2) is 18.3 Å². The maximum Gasteiger partial charge on any atom is 0.147 e. The van der Waals surface area contributed by atoms with Gasteiger partial charge in [0.2, 0.25) is 0 Å². The number of H-pyrrole nitrogens is 1. The molecule has 4 heteroatoms. The molecule has 1 aromatic carbocycles. The summed E-state index contributed by atoms with van der Waals surface area (Å²) >= 11 is 0. The molecule has 2 aromatic rings. The van der Waals surface area contributed by atoms with Gasteiger partial charge in [0.1, 0.15) is 5.82 Å². The Kier molecular flexibility index (Phi) is 3.53. The number of benzene rings is 1. The van der Waals surface area contributed by atoms with E-state index in [-0.39, 0.29) is 5.82 Å². The smallest absolute Gasteiger partial charge is 0.147 e. The molecule has 0 unspecified atom stereocenters. The van der Waals surface area contributed by atoms with Gasteiger partial charge in [0, 0.05) is 44.3 Å². The third-order valence-corrected chi connectivity index (χ3v) is 3.93. The zero-order valence-corrected chi connectivity index (χ0v) is 11.3. The van der Waals surface area contributed by atoms with Crippen molar-refractivity contribution in [2.75, 3.05) is 32.7 Å². The van der Waals surface area contributed by atoms with Crippen molar-refractivity contribution in [3.05, 3.63) is 35.3 Å². The van der Waals surface area contributed by atoms with E-state index in [1.54, 1.807) is 6.07 Å². The van der Waals surface area contributed by atoms with Crippen molar-refractivity contribution in [3.8, 4) is 0 Å². The zero-order chi connectivity index (χ0) is 13.2. The Bertz CT molecular complexity index is 570. The summed E-state index contributed by atoms with van der Waals surface area (Å²) in [4.78, 5) is 5.43. The van der Waals surface area contributed by atoms with E-state index in [1.165, 1.54) is 0 Å². The van der Waals surface area contributed by atoms with Crippen LogP contribution in [0.4, 0.5) is 4.39 Å². The van der Waals surface area contributed by atoms with E-state index in [0.29, 0.717) is 5.52 Å². The van der Waals surface area contributed by atoms with Crippen LogP contribution >= 0.6 is 0 Å². The number of nitrogens with zero attached hydrogens (tertiary/aromatic N) is 1. The van der Waals surface area contributed by atoms with Crippen molar-refractivity contribution in [2.24, 2.45) is 0 Å². The van der Waals surface area contributed by atoms with E-state index in [4.69, 9.17) is 0 Å². The summed E-state index contributed by atoms with van der Waals surface area (Å²) in [6.45, 7) is 7.32. The quantitative estimate of drug-likeness (QED) is 0.886. The van der Waals surface area contributed by atoms with Gasteiger partial charge in [-0.1, -0.05) is 0 Å². The standard InChI is InChI=1S/C15H20FN3/c1-11-10-18-15-13(11)8-12(9-14(15)16)2-5-19-6-3-17-4-7-19/h8-10,17-18H,2-7H2,1H3. The molecule has 3 rings (SSSR count). The second-order valence-corrected chi connectivity index (χ2v) is 5.31. The van der Waals surface area contributed by atoms with Gasteiger partial charge in [-0.2, -0.15) is 0 Å². The molecule has 3 nitrogen and oxygen atoms in total. The van der Waals surface area contributed by atoms with E-state index < -0.39 is 0 Å². The average Bonchev–Trinajstić information content (AvgIpc) is 2.80. The summed E-state index contributed by atoms with van der Waals surface area (Å²) in [5.41, 5.74) is 2.83. The number of aromatic amines is 1. The van der Waals surface area contributed by atoms with Crippen LogP contribution in [0.5, 0.6) is 0 Å². The van der Waals surface area contributed by atoms with Gasteiger partial charge in [0.25, 0.3) is 0 Å². The summed E-state index contributed by atoms with van der Waals surface area (Å²) in [6.07, 6.45) is 2.78. The molecule has 2 heterocycles. The molecule has 0 spiro atoms. The third-order valence-electron chi connectivity index (χ3n) is 3.93. The number of nitrogens with one attached hydrogen (secondary N) is 2. The van der Waals surface area contributed by atoms with Crippen LogP contribution in [-0.2, 0) is 6.42 Å². The molecule has 1 aliphatic heterocycles. The molecule has 1 aliphatic rings. The topological polar surface area (TPSA) is 31.1 Å². The second kappa shape index (κ2) is 5.31. The second-order valence-electron chi connectivity index (χ2n) is 5.31. The minimum absolute atomic E-state index is 0.138. The Balaban J connectivity index is 1.75. The highest BCUT2D eigenvalue weighted by molar-refractivity contribution is 5.84. The Morgan fingerprint density at radius 3 is 2.84 bits per heavy atom. The number of fused-ring (bicyclic) bond motifs is 1. The Labute approximate surface area is 112 Å². The van der Waals surface area contributed by atoms with Gasteiger partial charge in [-0.3, -0.25) is 0 Å². The van der Waals surface area contributed by atoms with Crippen molar-refractivity contribution in [1.29, 1.82) is 0 Å². The van der Waals surface area contributed by atoms with E-state index in [0.717, 1.165) is 55.7 Å². The summed E-state index contributed by atoms with van der Waals surface area (Å²) in [5, 5.41) is 4.35. The van der Waals surface area contributed by atoms with Crippen LogP contribution in [0, 0.1) is 12.7 Å². The Morgan fingerprint density at radius 1 is 1.26 bits per heavy atom. The van der Waals surface area contributed by atoms with Crippen LogP contribution in [0.2, 0.25) is 0 Å². The maximum atomic E-state index is 14.0. The lowest BCUT2D eigenvalue weighted by atomic mass is 10.1. The summed E-state index contributed by atoms with van der Waals surface area (Å²) in [7, 11) is 0. The first-order valence-electron chi connectivity index (χ1n) is 6.93. The fourth-order valence-electron chi connectivity index (χ4n) is 2.74. The molecule has 0 atom stereocenters. The molecule has 102 valence electrons. The highest BCUT2D eigenvalue weighted by atomic mass is 19.1. The molecular weight excluding hydrogens is 241 g/mol. The largest absolute Gasteiger partial charge is 0.359 e. The number of hydrogen-bond acceptors (Lipinski definition) is 2. The molecule has 0 aliphatic carbocycles. The molecule has 1 aromatic heterocycles. The fraction of sp³-hybridized carbons (Fsp3) is 0.467. The van der Waals surface area contributed by atoms with Gasteiger partial charge >= 0.3 is 0 Å². The number of piperazine rings is 1. The molecule has 0 amide bonds. The van der Waals surface area contributed by atoms with Gasteiger partial charge in [0.15, 0.2) is 0 Å². The number of aromatic nitrogens is 1. The first-order valence-corrected chi connectivity index (χ1v) is 6.93. The van der Waals surface area contributed by atoms with Crippen LogP contribution in [0.1, 0.15) is 11.1 Å². The van der Waals surface area contributed by atoms with E-state index in [9.17, 15) is 4.39 Å². The fourth-order valence-corrected chi connectivity index (χ4v) is 2.74. The average molecular weight is 261 g/mol. The minimum atomic E-state index is -0.138. The van der Waals surface area contributed by atoms with Gasteiger partial charge < -0.3 is 15.2 Å². The molecule has 1 fully saturated rings. The van der Waals surface area contributed by atoms with Crippen LogP contribution < -0.4 is 5.32 Å². The normalized spacial score (nSPS) is 17.2. The number of halogens is 1. The molecule has 0 bridgehead atoms. The Hall–Kier alpha value is -1.39. The van der Waals surface area contributed by atoms with E-state index in [2.05, 4.69) is 21.3 Å². The first kappa shape index (κ1) is 12.6. The highest BCUT2D eigenvalue weighted by Crippen LogP contribution is 2.22. The third kappa shape index (κ3) is 2.65. The summed E-state index contributed by atoms with van der Waals surface area (Å²) in [5.74, 6) is -0.138. The number of rotatable bonds is 3. The van der Waals surface area contributed by atoms with Crippen molar-refractivity contribution in [1.82, 2.24) is 15.2 Å². The zero-order valence-electron chi connectivity index (χ0n) is 11.3. The van der Waals surface area contributed by atoms with Crippen molar-refractivity contribution in [2.45, 2.75) is 13.3 Å². The van der Waals surface area contributed by atoms with Crippen molar-refractivity contribution < 1.29 is 4.39 Å². The lowest BCUT2D eigenvalue weighted by molar-refractivity contribution is 0.244. The predicted molar refractivity (Wildman–Crippen MR) is 76.0 cm³/mol. The minimum Gasteiger partial charge on any atom is -0.359 e. The molecule has 2 N–H and O–H groups in total. The van der Waals surface area contributed by atoms with Crippen molar-refractivity contribution >= 4 is 10.9 Å². The molecular formula is C15H20FN3. The lowest BCUT2D eigenvalue weighted by Gasteiger charge is -2.27. The summed E-state index contributed by atoms with van der Waals surface area (Å²) in [6, 6.07) is 3.78. The van der Waals surface area contributed by atoms with Crippen LogP contribution in [0.3, 0.4) is 0 Å². The van der Waals surface area contributed by atoms with Gasteiger partial charge in [-0.05, 0) is 36.6 Å².